The van der Waals surface area contributed by atoms with Crippen LogP contribution in [-0.4, -0.2) is 54.1 Å². The number of benzene rings is 2. The van der Waals surface area contributed by atoms with Crippen LogP contribution in [0.5, 0.6) is 5.75 Å². The molecule has 1 fully saturated rings. The molecule has 37 heavy (non-hydrogen) atoms. The normalized spacial score (nSPS) is 16.7. The number of hydrogen-bond donors (Lipinski definition) is 1. The molecule has 2 heterocycles. The van der Waals surface area contributed by atoms with Gasteiger partial charge in [0.25, 0.3) is 0 Å². The molecule has 0 radical (unpaired) electrons. The van der Waals surface area contributed by atoms with Gasteiger partial charge < -0.3 is 14.7 Å². The number of piperidine rings is 1. The van der Waals surface area contributed by atoms with Crippen LogP contribution < -0.4 is 4.74 Å². The van der Waals surface area contributed by atoms with Gasteiger partial charge in [0.05, 0.1) is 17.6 Å². The van der Waals surface area contributed by atoms with Crippen molar-refractivity contribution in [2.75, 3.05) is 39.1 Å². The molecule has 0 amide bonds. The van der Waals surface area contributed by atoms with Gasteiger partial charge in [-0.1, -0.05) is 17.7 Å². The molecule has 200 valence electrons. The summed E-state index contributed by atoms with van der Waals surface area (Å²) in [6.07, 6.45) is 3.41. The van der Waals surface area contributed by atoms with Crippen LogP contribution in [0.4, 0.5) is 13.2 Å². The largest absolute Gasteiger partial charge is 0.497 e. The molecule has 1 N–H and O–H groups in total. The number of aromatic nitrogens is 1. The molecule has 9 heteroatoms. The predicted octanol–water partition coefficient (Wildman–Crippen LogP) is 7.22. The van der Waals surface area contributed by atoms with Gasteiger partial charge >= 0.3 is 0 Å². The van der Waals surface area contributed by atoms with E-state index in [0.29, 0.717) is 39.3 Å². The SMILES string of the molecule is COc1ccc2ncc(Cl)c([C@@H](F)CCC3(CO)CCN(CCCSc4cccc(F)c4F)CC3)c2c1. The molecule has 3 aromatic rings. The lowest BCUT2D eigenvalue weighted by Crippen LogP contribution is -2.42. The lowest BCUT2D eigenvalue weighted by atomic mass is 9.74. The molecule has 4 rings (SSSR count). The van der Waals surface area contributed by atoms with Crippen LogP contribution in [0.2, 0.25) is 5.02 Å². The second kappa shape index (κ2) is 12.7. The molecule has 1 aliphatic rings. The topological polar surface area (TPSA) is 45.6 Å². The van der Waals surface area contributed by atoms with Crippen molar-refractivity contribution >= 4 is 34.3 Å². The average molecular weight is 553 g/mol. The van der Waals surface area contributed by atoms with Crippen molar-refractivity contribution in [1.29, 1.82) is 0 Å². The Morgan fingerprint density at radius 1 is 1.22 bits per heavy atom. The Morgan fingerprint density at radius 3 is 2.73 bits per heavy atom. The number of fused-ring (bicyclic) bond motifs is 1. The lowest BCUT2D eigenvalue weighted by molar-refractivity contribution is 0.0304. The number of methoxy groups -OCH3 is 1. The minimum atomic E-state index is -1.29. The number of rotatable bonds is 11. The van der Waals surface area contributed by atoms with E-state index in [1.807, 2.05) is 0 Å². The van der Waals surface area contributed by atoms with Crippen LogP contribution in [0.1, 0.15) is 43.8 Å². The zero-order valence-electron chi connectivity index (χ0n) is 20.9. The Balaban J connectivity index is 1.29. The van der Waals surface area contributed by atoms with Crippen LogP contribution in [0, 0.1) is 17.0 Å². The Kier molecular flexibility index (Phi) is 9.62. The third-order valence-corrected chi connectivity index (χ3v) is 8.77. The Hall–Kier alpha value is -2.00. The van der Waals surface area contributed by atoms with Crippen molar-refractivity contribution in [1.82, 2.24) is 9.88 Å². The molecule has 2 aromatic carbocycles. The van der Waals surface area contributed by atoms with E-state index in [-0.39, 0.29) is 23.5 Å². The predicted molar refractivity (Wildman–Crippen MR) is 143 cm³/mol. The smallest absolute Gasteiger partial charge is 0.172 e. The molecule has 0 bridgehead atoms. The summed E-state index contributed by atoms with van der Waals surface area (Å²) in [6, 6.07) is 9.57. The van der Waals surface area contributed by atoms with E-state index in [0.717, 1.165) is 45.0 Å². The highest BCUT2D eigenvalue weighted by atomic mass is 35.5. The quantitative estimate of drug-likeness (QED) is 0.201. The molecular weight excluding hydrogens is 521 g/mol. The van der Waals surface area contributed by atoms with Crippen LogP contribution >= 0.6 is 23.4 Å². The third-order valence-electron chi connectivity index (χ3n) is 7.35. The second-order valence-electron chi connectivity index (χ2n) is 9.66. The summed E-state index contributed by atoms with van der Waals surface area (Å²) < 4.78 is 48.1. The molecule has 4 nitrogen and oxygen atoms in total. The number of thioether (sulfide) groups is 1. The van der Waals surface area contributed by atoms with Gasteiger partial charge in [0.15, 0.2) is 11.6 Å². The summed E-state index contributed by atoms with van der Waals surface area (Å²) in [5.41, 5.74) is 0.752. The fourth-order valence-electron chi connectivity index (χ4n) is 4.99. The summed E-state index contributed by atoms with van der Waals surface area (Å²) >= 11 is 7.70. The first kappa shape index (κ1) is 28.0. The van der Waals surface area contributed by atoms with Crippen LogP contribution in [0.15, 0.2) is 47.5 Å². The van der Waals surface area contributed by atoms with Gasteiger partial charge in [0.1, 0.15) is 11.9 Å². The third kappa shape index (κ3) is 6.72. The van der Waals surface area contributed by atoms with Gasteiger partial charge in [0, 0.05) is 28.6 Å². The molecular formula is C28H32ClF3N2O2S. The molecule has 1 aromatic heterocycles. The zero-order chi connectivity index (χ0) is 26.4. The summed E-state index contributed by atoms with van der Waals surface area (Å²) in [7, 11) is 1.56. The summed E-state index contributed by atoms with van der Waals surface area (Å²) in [6.45, 7) is 2.48. The molecule has 1 aliphatic heterocycles. The van der Waals surface area contributed by atoms with E-state index >= 15 is 4.39 Å². The number of likely N-dealkylation sites (tertiary alicyclic amines) is 1. The van der Waals surface area contributed by atoms with Gasteiger partial charge in [-0.15, -0.1) is 11.8 Å². The van der Waals surface area contributed by atoms with Gasteiger partial charge in [-0.05, 0) is 93.2 Å². The minimum Gasteiger partial charge on any atom is -0.497 e. The summed E-state index contributed by atoms with van der Waals surface area (Å²) in [4.78, 5) is 6.96. The maximum Gasteiger partial charge on any atom is 0.172 e. The Morgan fingerprint density at radius 2 is 2.00 bits per heavy atom. The zero-order valence-corrected chi connectivity index (χ0v) is 22.4. The Bertz CT molecular complexity index is 1210. The van der Waals surface area contributed by atoms with Crippen molar-refractivity contribution in [3.05, 3.63) is 64.8 Å². The molecule has 1 atom stereocenters. The first-order valence-electron chi connectivity index (χ1n) is 12.5. The fraction of sp³-hybridized carbons (Fsp3) is 0.464. The highest BCUT2D eigenvalue weighted by Crippen LogP contribution is 2.42. The van der Waals surface area contributed by atoms with E-state index in [1.54, 1.807) is 31.4 Å². The lowest BCUT2D eigenvalue weighted by Gasteiger charge is -2.41. The first-order valence-corrected chi connectivity index (χ1v) is 13.9. The van der Waals surface area contributed by atoms with E-state index in [2.05, 4.69) is 9.88 Å². The van der Waals surface area contributed by atoms with Gasteiger partial charge in [-0.3, -0.25) is 4.98 Å². The number of aliphatic hydroxyl groups is 1. The van der Waals surface area contributed by atoms with E-state index in [9.17, 15) is 13.9 Å². The maximum absolute atomic E-state index is 15.6. The monoisotopic (exact) mass is 552 g/mol. The number of halogens is 4. The number of alkyl halides is 1. The maximum atomic E-state index is 15.6. The van der Waals surface area contributed by atoms with Crippen LogP contribution in [-0.2, 0) is 0 Å². The molecule has 0 spiro atoms. The van der Waals surface area contributed by atoms with Crippen molar-refractivity contribution in [3.8, 4) is 5.75 Å². The number of ether oxygens (including phenoxy) is 1. The number of hydrogen-bond acceptors (Lipinski definition) is 5. The van der Waals surface area contributed by atoms with Crippen molar-refractivity contribution in [3.63, 3.8) is 0 Å². The van der Waals surface area contributed by atoms with Gasteiger partial charge in [-0.2, -0.15) is 0 Å². The standard InChI is InChI=1S/C28H32ClF3N2O2S/c1-36-19-6-7-24-20(16-19)26(21(29)17-33-24)22(30)8-9-28(18-35)10-13-34(14-11-28)12-3-15-37-25-5-2-4-23(31)27(25)32/h2,4-7,16-17,22,35H,3,8-15,18H2,1H3/t22-/m0/s1. The molecule has 0 unspecified atom stereocenters. The number of aliphatic hydroxyl groups excluding tert-OH is 1. The van der Waals surface area contributed by atoms with Crippen molar-refractivity contribution in [2.45, 2.75) is 43.2 Å². The number of nitrogens with zero attached hydrogens (tertiary/aromatic N) is 2. The van der Waals surface area contributed by atoms with E-state index < -0.39 is 17.8 Å². The molecule has 1 saturated heterocycles. The molecule has 0 aliphatic carbocycles. The number of pyridine rings is 1. The van der Waals surface area contributed by atoms with E-state index in [1.165, 1.54) is 24.0 Å². The van der Waals surface area contributed by atoms with Gasteiger partial charge in [-0.25, -0.2) is 13.2 Å². The summed E-state index contributed by atoms with van der Waals surface area (Å²) in [5, 5.41) is 11.2. The van der Waals surface area contributed by atoms with Crippen molar-refractivity contribution < 1.29 is 23.0 Å². The highest BCUT2D eigenvalue weighted by Gasteiger charge is 2.35. The van der Waals surface area contributed by atoms with E-state index in [4.69, 9.17) is 16.3 Å². The fourth-order valence-corrected chi connectivity index (χ4v) is 6.16. The second-order valence-corrected chi connectivity index (χ2v) is 11.2. The van der Waals surface area contributed by atoms with Gasteiger partial charge in [0.2, 0.25) is 0 Å². The minimum absolute atomic E-state index is 0.0148. The highest BCUT2D eigenvalue weighted by molar-refractivity contribution is 7.99. The summed E-state index contributed by atoms with van der Waals surface area (Å²) in [5.74, 6) is -0.305. The Labute approximate surface area is 225 Å². The molecule has 0 saturated carbocycles. The van der Waals surface area contributed by atoms with Crippen molar-refractivity contribution in [2.24, 2.45) is 5.41 Å². The van der Waals surface area contributed by atoms with Crippen LogP contribution in [0.3, 0.4) is 0 Å². The first-order chi connectivity index (χ1) is 17.9. The average Bonchev–Trinajstić information content (AvgIpc) is 2.92. The van der Waals surface area contributed by atoms with Crippen LogP contribution in [0.25, 0.3) is 10.9 Å².